The highest BCUT2D eigenvalue weighted by Crippen LogP contribution is 2.26. The first-order valence-electron chi connectivity index (χ1n) is 6.37. The zero-order valence-electron chi connectivity index (χ0n) is 12.1. The molecule has 0 fully saturated rings. The normalized spacial score (nSPS) is 11.8. The van der Waals surface area contributed by atoms with Crippen molar-refractivity contribution in [3.8, 4) is 11.8 Å². The summed E-state index contributed by atoms with van der Waals surface area (Å²) in [5.41, 5.74) is 3.63. The number of nitrogens with zero attached hydrogens (tertiary/aromatic N) is 3. The summed E-state index contributed by atoms with van der Waals surface area (Å²) in [5, 5.41) is 17.0. The molecule has 0 saturated heterocycles. The largest absolute Gasteiger partial charge is 0.497 e. The van der Waals surface area contributed by atoms with Crippen LogP contribution in [0.5, 0.6) is 5.75 Å². The van der Waals surface area contributed by atoms with E-state index < -0.39 is 6.04 Å². The van der Waals surface area contributed by atoms with Crippen molar-refractivity contribution in [1.29, 1.82) is 5.26 Å². The number of ether oxygens (including phenoxy) is 1. The Kier molecular flexibility index (Phi) is 3.94. The van der Waals surface area contributed by atoms with E-state index in [1.54, 1.807) is 11.8 Å². The highest BCUT2D eigenvalue weighted by atomic mass is 16.5. The zero-order chi connectivity index (χ0) is 14.7. The Morgan fingerprint density at radius 2 is 2.15 bits per heavy atom. The van der Waals surface area contributed by atoms with Gasteiger partial charge in [-0.2, -0.15) is 10.4 Å². The van der Waals surface area contributed by atoms with Gasteiger partial charge in [-0.1, -0.05) is 6.07 Å². The summed E-state index contributed by atoms with van der Waals surface area (Å²) >= 11 is 0. The molecule has 0 saturated carbocycles. The summed E-state index contributed by atoms with van der Waals surface area (Å²) in [6, 6.07) is 9.39. The predicted molar refractivity (Wildman–Crippen MR) is 77.7 cm³/mol. The molecule has 1 heterocycles. The van der Waals surface area contributed by atoms with E-state index in [2.05, 4.69) is 16.5 Å². The number of aryl methyl sites for hydroxylation is 2. The minimum Gasteiger partial charge on any atom is -0.497 e. The lowest BCUT2D eigenvalue weighted by atomic mass is 10.1. The molecule has 0 aliphatic carbocycles. The predicted octanol–water partition coefficient (Wildman–Crippen LogP) is 2.72. The Morgan fingerprint density at radius 3 is 2.70 bits per heavy atom. The second-order valence-electron chi connectivity index (χ2n) is 4.65. The van der Waals surface area contributed by atoms with Gasteiger partial charge >= 0.3 is 0 Å². The van der Waals surface area contributed by atoms with Gasteiger partial charge < -0.3 is 10.1 Å². The van der Waals surface area contributed by atoms with Crippen LogP contribution >= 0.6 is 0 Å². The lowest BCUT2D eigenvalue weighted by Gasteiger charge is -2.14. The Labute approximate surface area is 118 Å². The summed E-state index contributed by atoms with van der Waals surface area (Å²) < 4.78 is 6.98. The molecule has 1 unspecified atom stereocenters. The van der Waals surface area contributed by atoms with E-state index in [9.17, 15) is 5.26 Å². The molecule has 5 heteroatoms. The van der Waals surface area contributed by atoms with Gasteiger partial charge in [-0.05, 0) is 26.0 Å². The fourth-order valence-corrected chi connectivity index (χ4v) is 2.26. The molecule has 1 N–H and O–H groups in total. The third-order valence-electron chi connectivity index (χ3n) is 3.36. The summed E-state index contributed by atoms with van der Waals surface area (Å²) in [5.74, 6) is 0.756. The van der Waals surface area contributed by atoms with E-state index in [-0.39, 0.29) is 0 Å². The van der Waals surface area contributed by atoms with Crippen LogP contribution in [0.4, 0.5) is 5.69 Å². The highest BCUT2D eigenvalue weighted by Gasteiger charge is 2.19. The zero-order valence-corrected chi connectivity index (χ0v) is 12.1. The van der Waals surface area contributed by atoms with E-state index in [1.807, 2.05) is 45.2 Å². The summed E-state index contributed by atoms with van der Waals surface area (Å²) in [7, 11) is 3.50. The molecule has 0 bridgehead atoms. The van der Waals surface area contributed by atoms with Crippen molar-refractivity contribution in [1.82, 2.24) is 9.78 Å². The van der Waals surface area contributed by atoms with Gasteiger partial charge in [0.1, 0.15) is 11.8 Å². The maximum absolute atomic E-state index is 9.44. The molecule has 1 atom stereocenters. The maximum atomic E-state index is 9.44. The Balaban J connectivity index is 2.32. The Hall–Kier alpha value is -2.48. The molecule has 2 aromatic rings. The average Bonchev–Trinajstić information content (AvgIpc) is 2.70. The number of anilines is 1. The fourth-order valence-electron chi connectivity index (χ4n) is 2.26. The molecule has 0 spiro atoms. The van der Waals surface area contributed by atoms with Gasteiger partial charge in [-0.25, -0.2) is 0 Å². The minimum absolute atomic E-state index is 0.434. The van der Waals surface area contributed by atoms with Gasteiger partial charge in [-0.3, -0.25) is 4.68 Å². The van der Waals surface area contributed by atoms with E-state index in [0.29, 0.717) is 0 Å². The minimum atomic E-state index is -0.434. The molecule has 0 radical (unpaired) electrons. The molecule has 1 aromatic carbocycles. The van der Waals surface area contributed by atoms with Crippen molar-refractivity contribution < 1.29 is 4.74 Å². The number of hydrogen-bond acceptors (Lipinski definition) is 4. The van der Waals surface area contributed by atoms with Gasteiger partial charge in [0.2, 0.25) is 0 Å². The molecular formula is C15H18N4O. The van der Waals surface area contributed by atoms with Crippen LogP contribution in [0.3, 0.4) is 0 Å². The molecule has 5 nitrogen and oxygen atoms in total. The van der Waals surface area contributed by atoms with E-state index in [1.165, 1.54) is 0 Å². The lowest BCUT2D eigenvalue weighted by Crippen LogP contribution is -2.10. The van der Waals surface area contributed by atoms with Crippen LogP contribution in [0, 0.1) is 25.2 Å². The maximum Gasteiger partial charge on any atom is 0.143 e. The molecule has 0 aliphatic rings. The highest BCUT2D eigenvalue weighted by molar-refractivity contribution is 5.52. The van der Waals surface area contributed by atoms with Gasteiger partial charge in [0.15, 0.2) is 0 Å². The van der Waals surface area contributed by atoms with Gasteiger partial charge in [0.05, 0.1) is 18.9 Å². The lowest BCUT2D eigenvalue weighted by molar-refractivity contribution is 0.415. The standard InChI is InChI=1S/C15H18N4O/c1-10-15(11(2)19(3)18-10)14(9-16)17-12-6-5-7-13(8-12)20-4/h5-8,14,17H,1-4H3. The van der Waals surface area contributed by atoms with Crippen LogP contribution in [0.25, 0.3) is 0 Å². The smallest absolute Gasteiger partial charge is 0.143 e. The van der Waals surface area contributed by atoms with Gasteiger partial charge in [-0.15, -0.1) is 0 Å². The van der Waals surface area contributed by atoms with Crippen molar-refractivity contribution in [2.24, 2.45) is 7.05 Å². The van der Waals surface area contributed by atoms with Crippen LogP contribution in [-0.4, -0.2) is 16.9 Å². The average molecular weight is 270 g/mol. The Bertz CT molecular complexity index is 654. The van der Waals surface area contributed by atoms with Crippen molar-refractivity contribution in [2.75, 3.05) is 12.4 Å². The third kappa shape index (κ3) is 2.59. The number of hydrogen-bond donors (Lipinski definition) is 1. The molecule has 20 heavy (non-hydrogen) atoms. The van der Waals surface area contributed by atoms with Crippen LogP contribution in [0.1, 0.15) is 23.0 Å². The first kappa shape index (κ1) is 13.9. The quantitative estimate of drug-likeness (QED) is 0.927. The second kappa shape index (κ2) is 5.66. The van der Waals surface area contributed by atoms with Gasteiger partial charge in [0.25, 0.3) is 0 Å². The molecule has 1 aromatic heterocycles. The monoisotopic (exact) mass is 270 g/mol. The molecule has 2 rings (SSSR count). The molecule has 104 valence electrons. The summed E-state index contributed by atoms with van der Waals surface area (Å²) in [4.78, 5) is 0. The van der Waals surface area contributed by atoms with E-state index in [0.717, 1.165) is 28.4 Å². The van der Waals surface area contributed by atoms with Crippen LogP contribution < -0.4 is 10.1 Å². The van der Waals surface area contributed by atoms with E-state index in [4.69, 9.17) is 4.74 Å². The van der Waals surface area contributed by atoms with Crippen molar-refractivity contribution in [3.05, 3.63) is 41.2 Å². The van der Waals surface area contributed by atoms with Crippen LogP contribution in [-0.2, 0) is 7.05 Å². The first-order chi connectivity index (χ1) is 9.56. The van der Waals surface area contributed by atoms with Crippen molar-refractivity contribution in [3.63, 3.8) is 0 Å². The van der Waals surface area contributed by atoms with Crippen LogP contribution in [0.2, 0.25) is 0 Å². The number of aromatic nitrogens is 2. The topological polar surface area (TPSA) is 62.9 Å². The Morgan fingerprint density at radius 1 is 1.40 bits per heavy atom. The first-order valence-corrected chi connectivity index (χ1v) is 6.37. The molecular weight excluding hydrogens is 252 g/mol. The second-order valence-corrected chi connectivity index (χ2v) is 4.65. The fraction of sp³-hybridized carbons (Fsp3) is 0.333. The molecule has 0 amide bonds. The number of rotatable bonds is 4. The van der Waals surface area contributed by atoms with E-state index >= 15 is 0 Å². The number of methoxy groups -OCH3 is 1. The third-order valence-corrected chi connectivity index (χ3v) is 3.36. The SMILES string of the molecule is COc1cccc(NC(C#N)c2c(C)nn(C)c2C)c1. The summed E-state index contributed by atoms with van der Waals surface area (Å²) in [6.07, 6.45) is 0. The number of nitrogens with one attached hydrogen (secondary N) is 1. The summed E-state index contributed by atoms with van der Waals surface area (Å²) in [6.45, 7) is 3.88. The van der Waals surface area contributed by atoms with Crippen LogP contribution in [0.15, 0.2) is 24.3 Å². The number of benzene rings is 1. The molecule has 0 aliphatic heterocycles. The number of nitriles is 1. The van der Waals surface area contributed by atoms with Crippen molar-refractivity contribution >= 4 is 5.69 Å². The van der Waals surface area contributed by atoms with Gasteiger partial charge in [0, 0.05) is 30.1 Å². The van der Waals surface area contributed by atoms with Crippen molar-refractivity contribution in [2.45, 2.75) is 19.9 Å².